The third-order valence-corrected chi connectivity index (χ3v) is 3.06. The molecule has 1 fully saturated rings. The number of ether oxygens (including phenoxy) is 2. The van der Waals surface area contributed by atoms with Crippen LogP contribution in [0.1, 0.15) is 12.8 Å². The molecule has 76 valence electrons. The lowest BCUT2D eigenvalue weighted by molar-refractivity contribution is -0.0398. The van der Waals surface area contributed by atoms with Gasteiger partial charge in [-0.3, -0.25) is 4.90 Å². The maximum Gasteiger partial charge on any atom is 0.411 e. The number of carbonyl (C=O) groups is 1. The summed E-state index contributed by atoms with van der Waals surface area (Å²) in [6, 6.07) is 0. The zero-order valence-corrected chi connectivity index (χ0v) is 9.41. The Kier molecular flexibility index (Phi) is 3.99. The van der Waals surface area contributed by atoms with E-state index in [1.54, 1.807) is 12.0 Å². The van der Waals surface area contributed by atoms with Crippen LogP contribution in [0.15, 0.2) is 0 Å². The quantitative estimate of drug-likeness (QED) is 0.665. The van der Waals surface area contributed by atoms with Gasteiger partial charge in [0.05, 0.1) is 11.9 Å². The second-order valence-electron chi connectivity index (χ2n) is 2.95. The Morgan fingerprint density at radius 1 is 1.54 bits per heavy atom. The zero-order valence-electron chi connectivity index (χ0n) is 7.83. The van der Waals surface area contributed by atoms with Crippen LogP contribution in [-0.4, -0.2) is 42.8 Å². The largest absolute Gasteiger partial charge is 0.453 e. The number of alkyl halides is 1. The predicted octanol–water partition coefficient (Wildman–Crippen LogP) is 1.58. The summed E-state index contributed by atoms with van der Waals surface area (Å²) in [6.07, 6.45) is 1.47. The summed E-state index contributed by atoms with van der Waals surface area (Å²) in [7, 11) is 2.98. The minimum Gasteiger partial charge on any atom is -0.453 e. The average Bonchev–Trinajstić information content (AvgIpc) is 2.16. The summed E-state index contributed by atoms with van der Waals surface area (Å²) in [5.74, 6) is 0. The highest BCUT2D eigenvalue weighted by Crippen LogP contribution is 2.24. The standard InChI is InChI=1S/C8H14BrNO3/c1-12-7-6(9)4-3-5-10(7)8(11)13-2/h6-7H,3-5H2,1-2H3/t6-,7+/m0/s1. The average molecular weight is 252 g/mol. The summed E-state index contributed by atoms with van der Waals surface area (Å²) in [6.45, 7) is 0.702. The van der Waals surface area contributed by atoms with Gasteiger partial charge in [0.25, 0.3) is 0 Å². The van der Waals surface area contributed by atoms with E-state index in [2.05, 4.69) is 20.7 Å². The van der Waals surface area contributed by atoms with E-state index in [0.717, 1.165) is 12.8 Å². The minimum absolute atomic E-state index is 0.199. The van der Waals surface area contributed by atoms with Gasteiger partial charge in [-0.1, -0.05) is 15.9 Å². The summed E-state index contributed by atoms with van der Waals surface area (Å²) in [5, 5.41) is 0. The number of piperidine rings is 1. The molecule has 4 nitrogen and oxygen atoms in total. The molecule has 0 N–H and O–H groups in total. The third-order valence-electron chi connectivity index (χ3n) is 2.15. The van der Waals surface area contributed by atoms with Crippen molar-refractivity contribution in [1.29, 1.82) is 0 Å². The molecule has 0 unspecified atom stereocenters. The number of halogens is 1. The molecule has 0 saturated carbocycles. The van der Waals surface area contributed by atoms with Gasteiger partial charge in [0.15, 0.2) is 0 Å². The van der Waals surface area contributed by atoms with Crippen LogP contribution in [-0.2, 0) is 9.47 Å². The number of nitrogens with zero attached hydrogens (tertiary/aromatic N) is 1. The molecule has 0 aliphatic carbocycles. The fourth-order valence-electron chi connectivity index (χ4n) is 1.51. The monoisotopic (exact) mass is 251 g/mol. The van der Waals surface area contributed by atoms with Crippen LogP contribution in [0.4, 0.5) is 4.79 Å². The number of likely N-dealkylation sites (tertiary alicyclic amines) is 1. The van der Waals surface area contributed by atoms with Crippen molar-refractivity contribution < 1.29 is 14.3 Å². The molecular formula is C8H14BrNO3. The Balaban J connectivity index is 2.64. The van der Waals surface area contributed by atoms with Crippen molar-refractivity contribution in [2.45, 2.75) is 23.9 Å². The molecule has 1 saturated heterocycles. The Bertz CT molecular complexity index is 188. The predicted molar refractivity (Wildman–Crippen MR) is 51.9 cm³/mol. The molecule has 0 bridgehead atoms. The number of hydrogen-bond donors (Lipinski definition) is 0. The van der Waals surface area contributed by atoms with Gasteiger partial charge in [-0.2, -0.15) is 0 Å². The summed E-state index contributed by atoms with van der Waals surface area (Å²) >= 11 is 3.48. The smallest absolute Gasteiger partial charge is 0.411 e. The van der Waals surface area contributed by atoms with Crippen molar-refractivity contribution in [3.8, 4) is 0 Å². The van der Waals surface area contributed by atoms with Crippen LogP contribution in [0, 0.1) is 0 Å². The van der Waals surface area contributed by atoms with Crippen LogP contribution >= 0.6 is 15.9 Å². The lowest BCUT2D eigenvalue weighted by atomic mass is 10.1. The van der Waals surface area contributed by atoms with Gasteiger partial charge >= 0.3 is 6.09 Å². The highest BCUT2D eigenvalue weighted by atomic mass is 79.9. The lowest BCUT2D eigenvalue weighted by Crippen LogP contribution is -2.49. The van der Waals surface area contributed by atoms with Crippen LogP contribution < -0.4 is 0 Å². The maximum absolute atomic E-state index is 11.3. The van der Waals surface area contributed by atoms with E-state index in [0.29, 0.717) is 6.54 Å². The second kappa shape index (κ2) is 4.81. The van der Waals surface area contributed by atoms with Gasteiger partial charge in [-0.05, 0) is 12.8 Å². The van der Waals surface area contributed by atoms with Crippen molar-refractivity contribution in [3.63, 3.8) is 0 Å². The lowest BCUT2D eigenvalue weighted by Gasteiger charge is -2.36. The minimum atomic E-state index is -0.323. The van der Waals surface area contributed by atoms with Gasteiger partial charge in [-0.25, -0.2) is 4.79 Å². The molecule has 5 heteroatoms. The molecule has 0 radical (unpaired) electrons. The third kappa shape index (κ3) is 2.34. The number of rotatable bonds is 1. The van der Waals surface area contributed by atoms with E-state index < -0.39 is 0 Å². The molecule has 1 aliphatic heterocycles. The van der Waals surface area contributed by atoms with Gasteiger partial charge in [-0.15, -0.1) is 0 Å². The molecule has 2 atom stereocenters. The van der Waals surface area contributed by atoms with Gasteiger partial charge in [0.1, 0.15) is 6.23 Å². The normalized spacial score (nSPS) is 28.7. The van der Waals surface area contributed by atoms with E-state index in [1.165, 1.54) is 7.11 Å². The number of hydrogen-bond acceptors (Lipinski definition) is 3. The SMILES string of the molecule is COC(=O)N1CCC[C@H](Br)[C@H]1OC. The van der Waals surface area contributed by atoms with Crippen molar-refractivity contribution >= 4 is 22.0 Å². The Morgan fingerprint density at radius 3 is 2.77 bits per heavy atom. The Hall–Kier alpha value is -0.290. The fraction of sp³-hybridized carbons (Fsp3) is 0.875. The molecule has 0 aromatic carbocycles. The van der Waals surface area contributed by atoms with Crippen molar-refractivity contribution in [3.05, 3.63) is 0 Å². The molecule has 1 amide bonds. The van der Waals surface area contributed by atoms with E-state index in [4.69, 9.17) is 4.74 Å². The Morgan fingerprint density at radius 2 is 2.23 bits per heavy atom. The van der Waals surface area contributed by atoms with Crippen LogP contribution in [0.2, 0.25) is 0 Å². The molecular weight excluding hydrogens is 238 g/mol. The summed E-state index contributed by atoms with van der Waals surface area (Å²) < 4.78 is 9.87. The van der Waals surface area contributed by atoms with Crippen LogP contribution in [0.5, 0.6) is 0 Å². The van der Waals surface area contributed by atoms with Crippen molar-refractivity contribution in [1.82, 2.24) is 4.90 Å². The number of amides is 1. The molecule has 0 aromatic heterocycles. The van der Waals surface area contributed by atoms with Gasteiger partial charge < -0.3 is 9.47 Å². The van der Waals surface area contributed by atoms with E-state index in [9.17, 15) is 4.79 Å². The summed E-state index contributed by atoms with van der Waals surface area (Å²) in [4.78, 5) is 13.1. The molecule has 1 heterocycles. The first-order valence-corrected chi connectivity index (χ1v) is 5.13. The van der Waals surface area contributed by atoms with E-state index >= 15 is 0 Å². The molecule has 0 spiro atoms. The van der Waals surface area contributed by atoms with E-state index in [1.807, 2.05) is 0 Å². The van der Waals surface area contributed by atoms with Crippen LogP contribution in [0.25, 0.3) is 0 Å². The molecule has 0 aromatic rings. The number of carbonyl (C=O) groups excluding carboxylic acids is 1. The first-order valence-electron chi connectivity index (χ1n) is 4.22. The second-order valence-corrected chi connectivity index (χ2v) is 4.12. The van der Waals surface area contributed by atoms with Crippen LogP contribution in [0.3, 0.4) is 0 Å². The maximum atomic E-state index is 11.3. The van der Waals surface area contributed by atoms with Gasteiger partial charge in [0, 0.05) is 13.7 Å². The topological polar surface area (TPSA) is 38.8 Å². The van der Waals surface area contributed by atoms with Crippen molar-refractivity contribution in [2.75, 3.05) is 20.8 Å². The van der Waals surface area contributed by atoms with E-state index in [-0.39, 0.29) is 17.1 Å². The molecule has 1 rings (SSSR count). The fourth-order valence-corrected chi connectivity index (χ4v) is 2.33. The number of methoxy groups -OCH3 is 2. The van der Waals surface area contributed by atoms with Crippen molar-refractivity contribution in [2.24, 2.45) is 0 Å². The highest BCUT2D eigenvalue weighted by molar-refractivity contribution is 9.09. The zero-order chi connectivity index (χ0) is 9.84. The molecule has 1 aliphatic rings. The highest BCUT2D eigenvalue weighted by Gasteiger charge is 2.33. The first-order chi connectivity index (χ1) is 6.20. The molecule has 13 heavy (non-hydrogen) atoms. The summed E-state index contributed by atoms with van der Waals surface area (Å²) in [5.41, 5.74) is 0. The Labute approximate surface area is 86.3 Å². The van der Waals surface area contributed by atoms with Gasteiger partial charge in [0.2, 0.25) is 0 Å². The first kappa shape index (κ1) is 10.8.